The van der Waals surface area contributed by atoms with Gasteiger partial charge in [-0.05, 0) is 6.92 Å². The van der Waals surface area contributed by atoms with Crippen molar-refractivity contribution in [2.45, 2.75) is 13.5 Å². The van der Waals surface area contributed by atoms with Gasteiger partial charge in [0.25, 0.3) is 0 Å². The molecule has 0 atom stereocenters. The minimum Gasteiger partial charge on any atom is -0.383 e. The molecule has 2 heterocycles. The molecule has 0 amide bonds. The predicted molar refractivity (Wildman–Crippen MR) is 63.7 cm³/mol. The van der Waals surface area contributed by atoms with E-state index in [1.54, 1.807) is 13.4 Å². The van der Waals surface area contributed by atoms with Gasteiger partial charge in [0.05, 0.1) is 12.9 Å². The zero-order valence-electron chi connectivity index (χ0n) is 9.88. The summed E-state index contributed by atoms with van der Waals surface area (Å²) in [6, 6.07) is 0. The SMILES string of the molecule is CCOCCn1cnc2nc(=O)n(C)c(N)c21. The lowest BCUT2D eigenvalue weighted by atomic mass is 10.4. The third-order valence-electron chi connectivity index (χ3n) is 2.59. The van der Waals surface area contributed by atoms with E-state index in [0.717, 1.165) is 0 Å². The Morgan fingerprint density at radius 1 is 1.53 bits per heavy atom. The van der Waals surface area contributed by atoms with Gasteiger partial charge in [-0.25, -0.2) is 9.78 Å². The quantitative estimate of drug-likeness (QED) is 0.741. The third kappa shape index (κ3) is 2.01. The van der Waals surface area contributed by atoms with Gasteiger partial charge in [-0.1, -0.05) is 0 Å². The summed E-state index contributed by atoms with van der Waals surface area (Å²) in [5, 5.41) is 0. The Morgan fingerprint density at radius 2 is 2.29 bits per heavy atom. The van der Waals surface area contributed by atoms with Crippen LogP contribution in [0.25, 0.3) is 11.2 Å². The minimum atomic E-state index is -0.398. The van der Waals surface area contributed by atoms with Crippen molar-refractivity contribution in [3.63, 3.8) is 0 Å². The number of ether oxygens (including phenoxy) is 1. The first-order valence-electron chi connectivity index (χ1n) is 5.40. The van der Waals surface area contributed by atoms with Gasteiger partial charge in [-0.3, -0.25) is 4.57 Å². The lowest BCUT2D eigenvalue weighted by molar-refractivity contribution is 0.140. The Balaban J connectivity index is 2.45. The van der Waals surface area contributed by atoms with Crippen molar-refractivity contribution in [3.8, 4) is 0 Å². The first kappa shape index (κ1) is 11.6. The van der Waals surface area contributed by atoms with Crippen LogP contribution < -0.4 is 11.4 Å². The van der Waals surface area contributed by atoms with E-state index in [4.69, 9.17) is 10.5 Å². The number of anilines is 1. The summed E-state index contributed by atoms with van der Waals surface area (Å²) in [4.78, 5) is 19.3. The molecule has 2 rings (SSSR count). The minimum absolute atomic E-state index is 0.369. The van der Waals surface area contributed by atoms with E-state index in [0.29, 0.717) is 36.7 Å². The summed E-state index contributed by atoms with van der Waals surface area (Å²) in [6.07, 6.45) is 1.62. The highest BCUT2D eigenvalue weighted by atomic mass is 16.5. The summed E-state index contributed by atoms with van der Waals surface area (Å²) < 4.78 is 8.42. The van der Waals surface area contributed by atoms with Crippen LogP contribution in [-0.2, 0) is 18.3 Å². The number of rotatable bonds is 4. The summed E-state index contributed by atoms with van der Waals surface area (Å²) in [6.45, 7) is 3.81. The third-order valence-corrected chi connectivity index (χ3v) is 2.59. The van der Waals surface area contributed by atoms with Gasteiger partial charge in [0, 0.05) is 20.2 Å². The average molecular weight is 237 g/mol. The second kappa shape index (κ2) is 4.54. The number of nitrogen functional groups attached to an aromatic ring is 1. The van der Waals surface area contributed by atoms with E-state index in [1.165, 1.54) is 4.57 Å². The smallest absolute Gasteiger partial charge is 0.351 e. The van der Waals surface area contributed by atoms with E-state index in [2.05, 4.69) is 9.97 Å². The standard InChI is InChI=1S/C10H15N5O2/c1-3-17-5-4-15-6-12-9-7(15)8(11)14(2)10(16)13-9/h6H,3-5,11H2,1-2H3. The van der Waals surface area contributed by atoms with Crippen LogP contribution in [-0.4, -0.2) is 32.3 Å². The van der Waals surface area contributed by atoms with Crippen molar-refractivity contribution in [2.75, 3.05) is 18.9 Å². The first-order valence-corrected chi connectivity index (χ1v) is 5.40. The van der Waals surface area contributed by atoms with E-state index < -0.39 is 5.69 Å². The van der Waals surface area contributed by atoms with Crippen LogP contribution in [0.1, 0.15) is 6.92 Å². The van der Waals surface area contributed by atoms with Crippen LogP contribution in [0.3, 0.4) is 0 Å². The normalized spacial score (nSPS) is 11.2. The van der Waals surface area contributed by atoms with Gasteiger partial charge in [0.15, 0.2) is 5.65 Å². The summed E-state index contributed by atoms with van der Waals surface area (Å²) in [5.41, 5.74) is 6.54. The molecule has 0 aliphatic rings. The molecule has 0 saturated heterocycles. The molecule has 7 nitrogen and oxygen atoms in total. The molecule has 0 radical (unpaired) electrons. The number of imidazole rings is 1. The van der Waals surface area contributed by atoms with Crippen LogP contribution in [0, 0.1) is 0 Å². The van der Waals surface area contributed by atoms with Crippen molar-refractivity contribution in [1.82, 2.24) is 19.1 Å². The maximum Gasteiger partial charge on any atom is 0.351 e. The highest BCUT2D eigenvalue weighted by molar-refractivity contribution is 5.81. The van der Waals surface area contributed by atoms with Gasteiger partial charge >= 0.3 is 5.69 Å². The number of hydrogen-bond donors (Lipinski definition) is 1. The molecule has 0 aliphatic carbocycles. The molecule has 7 heteroatoms. The lowest BCUT2D eigenvalue weighted by Gasteiger charge is -2.07. The van der Waals surface area contributed by atoms with Gasteiger partial charge < -0.3 is 15.0 Å². The highest BCUT2D eigenvalue weighted by Gasteiger charge is 2.11. The molecule has 2 aromatic rings. The zero-order chi connectivity index (χ0) is 12.4. The predicted octanol–water partition coefficient (Wildman–Crippen LogP) is -0.251. The topological polar surface area (TPSA) is 88.0 Å². The molecule has 0 unspecified atom stereocenters. The number of nitrogens with two attached hydrogens (primary N) is 1. The van der Waals surface area contributed by atoms with Crippen LogP contribution in [0.15, 0.2) is 11.1 Å². The molecule has 2 N–H and O–H groups in total. The summed E-state index contributed by atoms with van der Waals surface area (Å²) >= 11 is 0. The molecule has 92 valence electrons. The Bertz CT molecular complexity index is 586. The molecule has 0 spiro atoms. The molecule has 0 bridgehead atoms. The molecule has 0 aromatic carbocycles. The second-order valence-corrected chi connectivity index (χ2v) is 3.65. The molecule has 0 fully saturated rings. The van der Waals surface area contributed by atoms with E-state index in [-0.39, 0.29) is 0 Å². The maximum absolute atomic E-state index is 11.4. The lowest BCUT2D eigenvalue weighted by Crippen LogP contribution is -2.23. The highest BCUT2D eigenvalue weighted by Crippen LogP contribution is 2.15. The van der Waals surface area contributed by atoms with Crippen LogP contribution in [0.5, 0.6) is 0 Å². The molecular weight excluding hydrogens is 222 g/mol. The Labute approximate surface area is 97.8 Å². The molecular formula is C10H15N5O2. The van der Waals surface area contributed by atoms with Gasteiger partial charge in [0.2, 0.25) is 0 Å². The van der Waals surface area contributed by atoms with Gasteiger partial charge in [0.1, 0.15) is 11.3 Å². The number of aromatic nitrogens is 4. The van der Waals surface area contributed by atoms with Crippen molar-refractivity contribution in [2.24, 2.45) is 7.05 Å². The fourth-order valence-electron chi connectivity index (χ4n) is 1.62. The van der Waals surface area contributed by atoms with Crippen LogP contribution >= 0.6 is 0 Å². The average Bonchev–Trinajstić information content (AvgIpc) is 2.70. The van der Waals surface area contributed by atoms with E-state index in [1.807, 2.05) is 11.5 Å². The fraction of sp³-hybridized carbons (Fsp3) is 0.500. The molecule has 2 aromatic heterocycles. The molecule has 17 heavy (non-hydrogen) atoms. The van der Waals surface area contributed by atoms with Crippen molar-refractivity contribution in [1.29, 1.82) is 0 Å². The Kier molecular flexibility index (Phi) is 3.10. The Morgan fingerprint density at radius 3 is 3.00 bits per heavy atom. The Hall–Kier alpha value is -1.89. The zero-order valence-corrected chi connectivity index (χ0v) is 9.88. The maximum atomic E-state index is 11.4. The second-order valence-electron chi connectivity index (χ2n) is 3.65. The largest absolute Gasteiger partial charge is 0.383 e. The number of fused-ring (bicyclic) bond motifs is 1. The van der Waals surface area contributed by atoms with Gasteiger partial charge in [-0.2, -0.15) is 4.98 Å². The first-order chi connectivity index (χ1) is 8.15. The number of hydrogen-bond acceptors (Lipinski definition) is 5. The van der Waals surface area contributed by atoms with Gasteiger partial charge in [-0.15, -0.1) is 0 Å². The van der Waals surface area contributed by atoms with E-state index >= 15 is 0 Å². The molecule has 0 aliphatic heterocycles. The number of nitrogens with zero attached hydrogens (tertiary/aromatic N) is 4. The fourth-order valence-corrected chi connectivity index (χ4v) is 1.62. The monoisotopic (exact) mass is 237 g/mol. The summed E-state index contributed by atoms with van der Waals surface area (Å²) in [7, 11) is 1.59. The molecule has 0 saturated carbocycles. The van der Waals surface area contributed by atoms with E-state index in [9.17, 15) is 4.79 Å². The van der Waals surface area contributed by atoms with Crippen molar-refractivity contribution < 1.29 is 4.74 Å². The van der Waals surface area contributed by atoms with Crippen molar-refractivity contribution >= 4 is 17.0 Å². The van der Waals surface area contributed by atoms with Crippen LogP contribution in [0.4, 0.5) is 5.82 Å². The summed E-state index contributed by atoms with van der Waals surface area (Å²) in [5.74, 6) is 0.369. The van der Waals surface area contributed by atoms with Crippen molar-refractivity contribution in [3.05, 3.63) is 16.8 Å². The van der Waals surface area contributed by atoms with Crippen LogP contribution in [0.2, 0.25) is 0 Å².